The van der Waals surface area contributed by atoms with Crippen molar-refractivity contribution in [1.29, 1.82) is 0 Å². The zero-order chi connectivity index (χ0) is 20.4. The number of pyridine rings is 1. The van der Waals surface area contributed by atoms with Gasteiger partial charge in [0.1, 0.15) is 0 Å². The number of amides is 1. The van der Waals surface area contributed by atoms with Crippen LogP contribution >= 0.6 is 12.2 Å². The Morgan fingerprint density at radius 1 is 1.07 bits per heavy atom. The van der Waals surface area contributed by atoms with Crippen LogP contribution in [0.5, 0.6) is 0 Å². The Bertz CT molecular complexity index is 1180. The van der Waals surface area contributed by atoms with Crippen LogP contribution in [0.25, 0.3) is 22.7 Å². The molecule has 2 aromatic heterocycles. The summed E-state index contributed by atoms with van der Waals surface area (Å²) in [5.74, 6) is 0.256. The fourth-order valence-corrected chi connectivity index (χ4v) is 3.20. The molecule has 0 spiro atoms. The molecule has 144 valence electrons. The molecule has 0 radical (unpaired) electrons. The number of nitrogens with one attached hydrogen (secondary N) is 2. The van der Waals surface area contributed by atoms with Gasteiger partial charge in [0, 0.05) is 23.0 Å². The molecule has 1 amide bonds. The number of hydrogen-bond donors (Lipinski definition) is 2. The molecule has 0 aliphatic heterocycles. The normalized spacial score (nSPS) is 10.7. The largest absolute Gasteiger partial charge is 0.434 e. The van der Waals surface area contributed by atoms with E-state index in [0.29, 0.717) is 22.7 Å². The summed E-state index contributed by atoms with van der Waals surface area (Å²) in [6.45, 7) is 3.89. The van der Waals surface area contributed by atoms with Gasteiger partial charge in [-0.2, -0.15) is 4.98 Å². The topological polar surface area (TPSA) is 80.0 Å². The molecule has 0 aliphatic carbocycles. The molecule has 0 saturated heterocycles. The average Bonchev–Trinajstić information content (AvgIpc) is 3.12. The summed E-state index contributed by atoms with van der Waals surface area (Å²) in [7, 11) is 0. The third-order valence-electron chi connectivity index (χ3n) is 4.41. The smallest absolute Gasteiger partial charge is 0.257 e. The second-order valence-corrected chi connectivity index (χ2v) is 7.06. The van der Waals surface area contributed by atoms with Crippen LogP contribution in [0.2, 0.25) is 0 Å². The summed E-state index contributed by atoms with van der Waals surface area (Å²) in [5, 5.41) is 5.96. The molecule has 6 nitrogen and oxygen atoms in total. The highest BCUT2D eigenvalue weighted by molar-refractivity contribution is 7.80. The molecule has 29 heavy (non-hydrogen) atoms. The van der Waals surface area contributed by atoms with Crippen molar-refractivity contribution in [3.8, 4) is 11.5 Å². The summed E-state index contributed by atoms with van der Waals surface area (Å²) in [6.07, 6.45) is 1.68. The summed E-state index contributed by atoms with van der Waals surface area (Å²) in [6, 6.07) is 16.7. The molecule has 2 N–H and O–H groups in total. The maximum atomic E-state index is 12.4. The Hall–Kier alpha value is -3.58. The van der Waals surface area contributed by atoms with Gasteiger partial charge in [-0.25, -0.2) is 4.98 Å². The van der Waals surface area contributed by atoms with E-state index in [4.69, 9.17) is 16.6 Å². The van der Waals surface area contributed by atoms with Crippen molar-refractivity contribution in [1.82, 2.24) is 15.3 Å². The predicted molar refractivity (Wildman–Crippen MR) is 117 cm³/mol. The van der Waals surface area contributed by atoms with E-state index in [1.807, 2.05) is 56.3 Å². The van der Waals surface area contributed by atoms with E-state index in [-0.39, 0.29) is 11.0 Å². The Morgan fingerprint density at radius 2 is 1.86 bits per heavy atom. The maximum absolute atomic E-state index is 12.4. The van der Waals surface area contributed by atoms with Gasteiger partial charge in [-0.15, -0.1) is 0 Å². The lowest BCUT2D eigenvalue weighted by Crippen LogP contribution is -2.34. The molecule has 0 aliphatic rings. The van der Waals surface area contributed by atoms with E-state index in [9.17, 15) is 4.79 Å². The van der Waals surface area contributed by atoms with E-state index in [1.54, 1.807) is 18.3 Å². The zero-order valence-corrected chi connectivity index (χ0v) is 16.7. The van der Waals surface area contributed by atoms with E-state index >= 15 is 0 Å². The van der Waals surface area contributed by atoms with Crippen LogP contribution in [0.3, 0.4) is 0 Å². The monoisotopic (exact) mass is 402 g/mol. The zero-order valence-electron chi connectivity index (χ0n) is 15.9. The molecule has 0 unspecified atom stereocenters. The number of thiocarbonyl (C=S) groups is 1. The quantitative estimate of drug-likeness (QED) is 0.486. The highest BCUT2D eigenvalue weighted by Crippen LogP contribution is 2.24. The molecule has 7 heteroatoms. The van der Waals surface area contributed by atoms with Crippen LogP contribution in [-0.4, -0.2) is 21.0 Å². The van der Waals surface area contributed by atoms with Gasteiger partial charge in [0.15, 0.2) is 16.3 Å². The Kier molecular flexibility index (Phi) is 5.05. The van der Waals surface area contributed by atoms with Crippen molar-refractivity contribution >= 4 is 40.2 Å². The van der Waals surface area contributed by atoms with Gasteiger partial charge in [0.05, 0.1) is 0 Å². The number of anilines is 1. The van der Waals surface area contributed by atoms with E-state index in [1.165, 1.54) is 0 Å². The lowest BCUT2D eigenvalue weighted by Gasteiger charge is -2.11. The summed E-state index contributed by atoms with van der Waals surface area (Å²) < 4.78 is 5.72. The minimum Gasteiger partial charge on any atom is -0.434 e. The maximum Gasteiger partial charge on any atom is 0.257 e. The fourth-order valence-electron chi connectivity index (χ4n) is 2.99. The number of carbonyl (C=O) groups excluding carboxylic acids is 1. The van der Waals surface area contributed by atoms with Crippen LogP contribution in [0.15, 0.2) is 65.2 Å². The number of benzene rings is 2. The summed E-state index contributed by atoms with van der Waals surface area (Å²) >= 11 is 5.27. The molecule has 0 bridgehead atoms. The molecule has 4 aromatic rings. The van der Waals surface area contributed by atoms with Gasteiger partial charge in [-0.1, -0.05) is 17.7 Å². The first-order valence-electron chi connectivity index (χ1n) is 9.01. The third kappa shape index (κ3) is 4.14. The minimum absolute atomic E-state index is 0.230. The molecule has 0 saturated carbocycles. The number of oxazole rings is 1. The highest BCUT2D eigenvalue weighted by atomic mass is 32.1. The first kappa shape index (κ1) is 18.8. The Labute approximate surface area is 173 Å². The number of fused-ring (bicyclic) bond motifs is 1. The van der Waals surface area contributed by atoms with Crippen LogP contribution in [0.1, 0.15) is 21.5 Å². The van der Waals surface area contributed by atoms with Crippen molar-refractivity contribution < 1.29 is 9.21 Å². The minimum atomic E-state index is -0.240. The highest BCUT2D eigenvalue weighted by Gasteiger charge is 2.12. The number of nitrogens with zero attached hydrogens (tertiary/aromatic N) is 2. The van der Waals surface area contributed by atoms with Crippen LogP contribution in [-0.2, 0) is 0 Å². The van der Waals surface area contributed by atoms with Gasteiger partial charge in [-0.05, 0) is 74.1 Å². The molecule has 4 rings (SSSR count). The number of carbonyl (C=O) groups is 1. The first-order chi connectivity index (χ1) is 14.0. The van der Waals surface area contributed by atoms with Crippen LogP contribution < -0.4 is 10.6 Å². The van der Waals surface area contributed by atoms with Gasteiger partial charge in [0.2, 0.25) is 5.89 Å². The molecular formula is C22H18N4O2S. The molecule has 0 atom stereocenters. The molecule has 0 fully saturated rings. The third-order valence-corrected chi connectivity index (χ3v) is 4.61. The van der Waals surface area contributed by atoms with E-state index < -0.39 is 0 Å². The number of aromatic nitrogens is 2. The van der Waals surface area contributed by atoms with Gasteiger partial charge in [0.25, 0.3) is 5.91 Å². The predicted octanol–water partition coefficient (Wildman–Crippen LogP) is 4.63. The van der Waals surface area contributed by atoms with Gasteiger partial charge >= 0.3 is 0 Å². The standard InChI is InChI=1S/C22H18N4O2S/c1-13-5-10-17(14(2)12-13)20(27)26-22(29)24-16-8-6-15(7-9-16)21-25-19-18(28-21)4-3-11-23-19/h3-12H,1-2H3,(H2,24,26,27,29). The second-order valence-electron chi connectivity index (χ2n) is 6.65. The van der Waals surface area contributed by atoms with Gasteiger partial charge < -0.3 is 9.73 Å². The lowest BCUT2D eigenvalue weighted by molar-refractivity contribution is 0.0977. The first-order valence-corrected chi connectivity index (χ1v) is 9.42. The molecular weight excluding hydrogens is 384 g/mol. The number of hydrogen-bond acceptors (Lipinski definition) is 5. The number of rotatable bonds is 3. The average molecular weight is 402 g/mol. The fraction of sp³-hybridized carbons (Fsp3) is 0.0909. The Morgan fingerprint density at radius 3 is 2.59 bits per heavy atom. The van der Waals surface area contributed by atoms with Crippen molar-refractivity contribution in [2.45, 2.75) is 13.8 Å². The van der Waals surface area contributed by atoms with E-state index in [2.05, 4.69) is 20.6 Å². The Balaban J connectivity index is 1.43. The lowest BCUT2D eigenvalue weighted by atomic mass is 10.1. The number of aryl methyl sites for hydroxylation is 2. The van der Waals surface area contributed by atoms with E-state index in [0.717, 1.165) is 22.4 Å². The molecule has 2 heterocycles. The van der Waals surface area contributed by atoms with Crippen LogP contribution in [0, 0.1) is 13.8 Å². The van der Waals surface area contributed by atoms with Crippen molar-refractivity contribution in [3.63, 3.8) is 0 Å². The van der Waals surface area contributed by atoms with Crippen molar-refractivity contribution in [3.05, 3.63) is 77.5 Å². The summed E-state index contributed by atoms with van der Waals surface area (Å²) in [5.41, 5.74) is 5.38. The van der Waals surface area contributed by atoms with Gasteiger partial charge in [-0.3, -0.25) is 10.1 Å². The second kappa shape index (κ2) is 7.81. The SMILES string of the molecule is Cc1ccc(C(=O)NC(=S)Nc2ccc(-c3nc4ncccc4o3)cc2)c(C)c1. The van der Waals surface area contributed by atoms with Crippen LogP contribution in [0.4, 0.5) is 5.69 Å². The summed E-state index contributed by atoms with van der Waals surface area (Å²) in [4.78, 5) is 21.0. The van der Waals surface area contributed by atoms with Crippen molar-refractivity contribution in [2.75, 3.05) is 5.32 Å². The van der Waals surface area contributed by atoms with Crippen molar-refractivity contribution in [2.24, 2.45) is 0 Å². The molecule has 2 aromatic carbocycles.